The van der Waals surface area contributed by atoms with E-state index < -0.39 is 12.0 Å². The van der Waals surface area contributed by atoms with Gasteiger partial charge in [-0.2, -0.15) is 0 Å². The van der Waals surface area contributed by atoms with Crippen LogP contribution in [0.1, 0.15) is 32.8 Å². The molecule has 4 nitrogen and oxygen atoms in total. The van der Waals surface area contributed by atoms with Crippen LogP contribution in [0.5, 0.6) is 5.75 Å². The van der Waals surface area contributed by atoms with Crippen LogP contribution in [0.3, 0.4) is 0 Å². The zero-order chi connectivity index (χ0) is 15.1. The van der Waals surface area contributed by atoms with Crippen molar-refractivity contribution >= 4 is 17.6 Å². The summed E-state index contributed by atoms with van der Waals surface area (Å²) in [5, 5.41) is 12.7. The van der Waals surface area contributed by atoms with E-state index in [2.05, 4.69) is 5.32 Å². The van der Waals surface area contributed by atoms with Gasteiger partial charge in [0.2, 0.25) is 0 Å². The SMILES string of the molecule is CCCOc1ccc(CN[C@H](C(=O)O)C(C)C)cc1Cl. The van der Waals surface area contributed by atoms with E-state index in [1.165, 1.54) is 0 Å². The number of hydrogen-bond acceptors (Lipinski definition) is 3. The number of rotatable bonds is 8. The highest BCUT2D eigenvalue weighted by Gasteiger charge is 2.20. The third-order valence-corrected chi connectivity index (χ3v) is 3.21. The molecule has 0 aliphatic rings. The van der Waals surface area contributed by atoms with Gasteiger partial charge >= 0.3 is 5.97 Å². The number of aliphatic carboxylic acids is 1. The lowest BCUT2D eigenvalue weighted by atomic mass is 10.0. The van der Waals surface area contributed by atoms with Crippen molar-refractivity contribution in [3.8, 4) is 5.75 Å². The lowest BCUT2D eigenvalue weighted by Crippen LogP contribution is -2.40. The van der Waals surface area contributed by atoms with Crippen molar-refractivity contribution in [2.24, 2.45) is 5.92 Å². The number of halogens is 1. The minimum absolute atomic E-state index is 0.0233. The van der Waals surface area contributed by atoms with Gasteiger partial charge in [0.15, 0.2) is 0 Å². The number of carbonyl (C=O) groups is 1. The van der Waals surface area contributed by atoms with E-state index in [0.717, 1.165) is 12.0 Å². The van der Waals surface area contributed by atoms with Crippen LogP contribution in [0.25, 0.3) is 0 Å². The Balaban J connectivity index is 2.65. The Morgan fingerprint density at radius 1 is 1.45 bits per heavy atom. The van der Waals surface area contributed by atoms with Crippen LogP contribution in [-0.4, -0.2) is 23.7 Å². The molecule has 0 aliphatic carbocycles. The fraction of sp³-hybridized carbons (Fsp3) is 0.533. The molecule has 0 amide bonds. The summed E-state index contributed by atoms with van der Waals surface area (Å²) in [7, 11) is 0. The fourth-order valence-electron chi connectivity index (χ4n) is 1.82. The van der Waals surface area contributed by atoms with Crippen molar-refractivity contribution in [2.45, 2.75) is 39.8 Å². The molecule has 1 atom stereocenters. The zero-order valence-corrected chi connectivity index (χ0v) is 12.9. The normalized spacial score (nSPS) is 12.4. The highest BCUT2D eigenvalue weighted by molar-refractivity contribution is 6.32. The van der Waals surface area contributed by atoms with Crippen LogP contribution in [0, 0.1) is 5.92 Å². The van der Waals surface area contributed by atoms with Crippen molar-refractivity contribution in [1.29, 1.82) is 0 Å². The second kappa shape index (κ2) is 8.12. The predicted octanol–water partition coefficient (Wildman–Crippen LogP) is 3.33. The summed E-state index contributed by atoms with van der Waals surface area (Å²) in [6, 6.07) is 4.95. The van der Waals surface area contributed by atoms with Gasteiger partial charge in [-0.15, -0.1) is 0 Å². The van der Waals surface area contributed by atoms with Gasteiger partial charge in [0.1, 0.15) is 11.8 Å². The van der Waals surface area contributed by atoms with E-state index in [-0.39, 0.29) is 5.92 Å². The first-order valence-corrected chi connectivity index (χ1v) is 7.21. The first-order valence-electron chi connectivity index (χ1n) is 6.83. The molecule has 0 heterocycles. The Kier molecular flexibility index (Phi) is 6.82. The van der Waals surface area contributed by atoms with Crippen molar-refractivity contribution in [3.63, 3.8) is 0 Å². The lowest BCUT2D eigenvalue weighted by molar-refractivity contribution is -0.140. The van der Waals surface area contributed by atoms with Crippen LogP contribution in [-0.2, 0) is 11.3 Å². The minimum atomic E-state index is -0.839. The Bertz CT molecular complexity index is 449. The Morgan fingerprint density at radius 2 is 2.15 bits per heavy atom. The molecular formula is C15H22ClNO3. The first-order chi connectivity index (χ1) is 9.45. The molecule has 0 spiro atoms. The average Bonchev–Trinajstić information content (AvgIpc) is 2.37. The highest BCUT2D eigenvalue weighted by Crippen LogP contribution is 2.25. The van der Waals surface area contributed by atoms with E-state index in [0.29, 0.717) is 23.9 Å². The Hall–Kier alpha value is -1.26. The van der Waals surface area contributed by atoms with Gasteiger partial charge in [0.25, 0.3) is 0 Å². The largest absolute Gasteiger partial charge is 0.492 e. The summed E-state index contributed by atoms with van der Waals surface area (Å²) < 4.78 is 5.50. The van der Waals surface area contributed by atoms with Crippen molar-refractivity contribution < 1.29 is 14.6 Å². The first kappa shape index (κ1) is 16.8. The van der Waals surface area contributed by atoms with Crippen molar-refractivity contribution in [1.82, 2.24) is 5.32 Å². The molecule has 0 saturated heterocycles. The molecule has 1 aromatic carbocycles. The fourth-order valence-corrected chi connectivity index (χ4v) is 2.08. The second-order valence-electron chi connectivity index (χ2n) is 5.05. The summed E-state index contributed by atoms with van der Waals surface area (Å²) in [6.45, 7) is 6.87. The molecular weight excluding hydrogens is 278 g/mol. The summed E-state index contributed by atoms with van der Waals surface area (Å²) in [5.74, 6) is -0.153. The molecule has 1 rings (SSSR count). The molecule has 0 aliphatic heterocycles. The average molecular weight is 300 g/mol. The maximum atomic E-state index is 11.1. The second-order valence-corrected chi connectivity index (χ2v) is 5.46. The van der Waals surface area contributed by atoms with Crippen LogP contribution < -0.4 is 10.1 Å². The number of carboxylic acids is 1. The molecule has 1 aromatic rings. The molecule has 0 radical (unpaired) electrons. The summed E-state index contributed by atoms with van der Waals surface area (Å²) in [6.07, 6.45) is 0.925. The molecule has 20 heavy (non-hydrogen) atoms. The number of benzene rings is 1. The van der Waals surface area contributed by atoms with E-state index in [1.54, 1.807) is 6.07 Å². The van der Waals surface area contributed by atoms with E-state index in [1.807, 2.05) is 32.9 Å². The van der Waals surface area contributed by atoms with Gasteiger partial charge < -0.3 is 15.2 Å². The summed E-state index contributed by atoms with van der Waals surface area (Å²) >= 11 is 6.14. The molecule has 0 bridgehead atoms. The number of carboxylic acid groups (broad SMARTS) is 1. The topological polar surface area (TPSA) is 58.6 Å². The van der Waals surface area contributed by atoms with Crippen molar-refractivity contribution in [2.75, 3.05) is 6.61 Å². The number of nitrogens with one attached hydrogen (secondary N) is 1. The molecule has 0 fully saturated rings. The van der Waals surface area contributed by atoms with Crippen molar-refractivity contribution in [3.05, 3.63) is 28.8 Å². The molecule has 5 heteroatoms. The van der Waals surface area contributed by atoms with Gasteiger partial charge in [0, 0.05) is 6.54 Å². The third-order valence-electron chi connectivity index (χ3n) is 2.92. The maximum Gasteiger partial charge on any atom is 0.320 e. The smallest absolute Gasteiger partial charge is 0.320 e. The van der Waals surface area contributed by atoms with Crippen LogP contribution in [0.15, 0.2) is 18.2 Å². The van der Waals surface area contributed by atoms with Gasteiger partial charge in [0.05, 0.1) is 11.6 Å². The Labute approximate surface area is 125 Å². The number of ether oxygens (including phenoxy) is 1. The maximum absolute atomic E-state index is 11.1. The van der Waals surface area contributed by atoms with Crippen LogP contribution >= 0.6 is 11.6 Å². The van der Waals surface area contributed by atoms with Gasteiger partial charge in [-0.3, -0.25) is 4.79 Å². The zero-order valence-electron chi connectivity index (χ0n) is 12.1. The predicted molar refractivity (Wildman–Crippen MR) is 80.3 cm³/mol. The van der Waals surface area contributed by atoms with E-state index in [4.69, 9.17) is 21.4 Å². The molecule has 0 saturated carbocycles. The van der Waals surface area contributed by atoms with E-state index in [9.17, 15) is 4.79 Å². The van der Waals surface area contributed by atoms with Gasteiger partial charge in [-0.05, 0) is 30.0 Å². The number of hydrogen-bond donors (Lipinski definition) is 2. The van der Waals surface area contributed by atoms with Gasteiger partial charge in [-0.1, -0.05) is 38.4 Å². The van der Waals surface area contributed by atoms with E-state index >= 15 is 0 Å². The summed E-state index contributed by atoms with van der Waals surface area (Å²) in [5.41, 5.74) is 0.936. The standard InChI is InChI=1S/C15H22ClNO3/c1-4-7-20-13-6-5-11(8-12(13)16)9-17-14(10(2)3)15(18)19/h5-6,8,10,14,17H,4,7,9H2,1-3H3,(H,18,19)/t14-/m0/s1. The molecule has 112 valence electrons. The monoisotopic (exact) mass is 299 g/mol. The van der Waals surface area contributed by atoms with Gasteiger partial charge in [-0.25, -0.2) is 0 Å². The molecule has 0 unspecified atom stereocenters. The third kappa shape index (κ3) is 5.02. The summed E-state index contributed by atoms with van der Waals surface area (Å²) in [4.78, 5) is 11.1. The minimum Gasteiger partial charge on any atom is -0.492 e. The highest BCUT2D eigenvalue weighted by atomic mass is 35.5. The lowest BCUT2D eigenvalue weighted by Gasteiger charge is -2.18. The van der Waals surface area contributed by atoms with Crippen LogP contribution in [0.2, 0.25) is 5.02 Å². The molecule has 0 aromatic heterocycles. The Morgan fingerprint density at radius 3 is 2.65 bits per heavy atom. The molecule has 2 N–H and O–H groups in total. The van der Waals surface area contributed by atoms with Crippen LogP contribution in [0.4, 0.5) is 0 Å². The quantitative estimate of drug-likeness (QED) is 0.773.